The Morgan fingerprint density at radius 2 is 1.18 bits per heavy atom. The first kappa shape index (κ1) is 30.3. The van der Waals surface area contributed by atoms with Gasteiger partial charge in [0.25, 0.3) is 0 Å². The summed E-state index contributed by atoms with van der Waals surface area (Å²) >= 11 is 3.16. The van der Waals surface area contributed by atoms with Crippen LogP contribution in [0.15, 0.2) is 50.7 Å². The summed E-state index contributed by atoms with van der Waals surface area (Å²) < 4.78 is 53.6. The van der Waals surface area contributed by atoms with Gasteiger partial charge >= 0.3 is 0 Å². The Labute approximate surface area is 210 Å². The van der Waals surface area contributed by atoms with Crippen molar-refractivity contribution in [2.75, 3.05) is 24.7 Å². The zero-order valence-corrected chi connectivity index (χ0v) is 23.0. The predicted octanol–water partition coefficient (Wildman–Crippen LogP) is 1.71. The van der Waals surface area contributed by atoms with Crippen LogP contribution in [0.5, 0.6) is 0 Å². The smallest absolute Gasteiger partial charge is 0.242 e. The van der Waals surface area contributed by atoms with E-state index in [4.69, 9.17) is 21.7 Å². The molecule has 0 aliphatic heterocycles. The van der Waals surface area contributed by atoms with Crippen molar-refractivity contribution in [3.8, 4) is 0 Å². The Morgan fingerprint density at radius 1 is 0.794 bits per heavy atom. The molecule has 0 heterocycles. The van der Waals surface area contributed by atoms with Gasteiger partial charge in [-0.25, -0.2) is 26.3 Å². The molecule has 0 aliphatic carbocycles. The molecule has 0 aromatic heterocycles. The van der Waals surface area contributed by atoms with Crippen LogP contribution in [0.3, 0.4) is 0 Å². The number of anilines is 2. The van der Waals surface area contributed by atoms with E-state index in [1.165, 1.54) is 12.1 Å². The molecule has 0 spiro atoms. The molecule has 192 valence electrons. The van der Waals surface area contributed by atoms with Crippen molar-refractivity contribution in [2.45, 2.75) is 55.5 Å². The number of nitrogens with two attached hydrogens (primary N) is 2. The number of nitrogen functional groups attached to an aromatic ring is 2. The predicted molar refractivity (Wildman–Crippen MR) is 137 cm³/mol. The van der Waals surface area contributed by atoms with Gasteiger partial charge in [0.1, 0.15) is 0 Å². The number of rotatable bonds is 8. The van der Waals surface area contributed by atoms with Crippen LogP contribution in [0.25, 0.3) is 0 Å². The second-order valence-corrected chi connectivity index (χ2v) is 13.2. The molecule has 2 aromatic carbocycles. The standard InChI is InChI=1S/C11H18N2O3S.C10H15BrN2O3S/c1-8-4-5-9(12)6-10(8)17(15,16)13-11(2,3)7-14;1-10(2,6-14)13-17(15,16)9-5-7(12)3-4-8(9)11/h4-6,13-14H,7,12H2,1-3H3;3-5,13-14H,6,12H2,1-2H3. The van der Waals surface area contributed by atoms with Gasteiger partial charge in [0.05, 0.1) is 34.1 Å². The maximum absolute atomic E-state index is 12.1. The Kier molecular flexibility index (Phi) is 10.1. The van der Waals surface area contributed by atoms with E-state index in [1.807, 2.05) is 0 Å². The van der Waals surface area contributed by atoms with Crippen LogP contribution in [0.4, 0.5) is 11.4 Å². The number of sulfonamides is 2. The summed E-state index contributed by atoms with van der Waals surface area (Å²) in [6.07, 6.45) is 0. The maximum atomic E-state index is 12.1. The van der Waals surface area contributed by atoms with E-state index in [0.717, 1.165) is 0 Å². The largest absolute Gasteiger partial charge is 0.399 e. The molecule has 8 N–H and O–H groups in total. The van der Waals surface area contributed by atoms with Crippen molar-refractivity contribution in [3.63, 3.8) is 0 Å². The molecular weight excluding hydrogens is 548 g/mol. The lowest BCUT2D eigenvalue weighted by Crippen LogP contribution is -2.46. The number of benzene rings is 2. The number of hydrogen-bond donors (Lipinski definition) is 6. The van der Waals surface area contributed by atoms with Crippen molar-refractivity contribution in [3.05, 3.63) is 46.4 Å². The molecule has 0 unspecified atom stereocenters. The van der Waals surface area contributed by atoms with Crippen molar-refractivity contribution in [1.29, 1.82) is 0 Å². The van der Waals surface area contributed by atoms with E-state index in [9.17, 15) is 16.8 Å². The van der Waals surface area contributed by atoms with E-state index in [-0.39, 0.29) is 23.0 Å². The van der Waals surface area contributed by atoms with Crippen LogP contribution in [-0.2, 0) is 20.0 Å². The number of aryl methyl sites for hydroxylation is 1. The Hall–Kier alpha value is -1.74. The van der Waals surface area contributed by atoms with Gasteiger partial charge in [-0.1, -0.05) is 6.07 Å². The third-order valence-electron chi connectivity index (χ3n) is 4.36. The molecule has 34 heavy (non-hydrogen) atoms. The lowest BCUT2D eigenvalue weighted by Gasteiger charge is -2.23. The van der Waals surface area contributed by atoms with Gasteiger partial charge in [0, 0.05) is 15.8 Å². The minimum Gasteiger partial charge on any atom is -0.399 e. The first-order valence-corrected chi connectivity index (χ1v) is 13.8. The summed E-state index contributed by atoms with van der Waals surface area (Å²) in [6, 6.07) is 9.22. The van der Waals surface area contributed by atoms with Crippen LogP contribution >= 0.6 is 15.9 Å². The molecule has 2 aromatic rings. The molecule has 2 rings (SSSR count). The van der Waals surface area contributed by atoms with Crippen LogP contribution in [0, 0.1) is 6.92 Å². The molecule has 0 bridgehead atoms. The quantitative estimate of drug-likeness (QED) is 0.254. The number of aliphatic hydroxyl groups excluding tert-OH is 2. The molecule has 0 saturated carbocycles. The van der Waals surface area contributed by atoms with E-state index in [0.29, 0.717) is 21.4 Å². The number of hydrogen-bond acceptors (Lipinski definition) is 8. The zero-order chi connectivity index (χ0) is 26.5. The zero-order valence-electron chi connectivity index (χ0n) is 19.8. The molecule has 10 nitrogen and oxygen atoms in total. The van der Waals surface area contributed by atoms with E-state index >= 15 is 0 Å². The second kappa shape index (κ2) is 11.3. The highest BCUT2D eigenvalue weighted by atomic mass is 79.9. The molecule has 0 saturated heterocycles. The molecule has 0 fully saturated rings. The highest BCUT2D eigenvalue weighted by Crippen LogP contribution is 2.25. The van der Waals surface area contributed by atoms with Crippen LogP contribution in [0.2, 0.25) is 0 Å². The second-order valence-electron chi connectivity index (χ2n) is 9.01. The van der Waals surface area contributed by atoms with Crippen LogP contribution in [0.1, 0.15) is 33.3 Å². The highest BCUT2D eigenvalue weighted by molar-refractivity contribution is 9.10. The first-order chi connectivity index (χ1) is 15.4. The van der Waals surface area contributed by atoms with E-state index < -0.39 is 31.1 Å². The van der Waals surface area contributed by atoms with Crippen LogP contribution in [-0.4, -0.2) is 51.3 Å². The third-order valence-corrected chi connectivity index (χ3v) is 8.89. The van der Waals surface area contributed by atoms with Gasteiger partial charge in [-0.15, -0.1) is 0 Å². The third kappa shape index (κ3) is 8.80. The molecule has 0 atom stereocenters. The average molecular weight is 582 g/mol. The van der Waals surface area contributed by atoms with E-state index in [2.05, 4.69) is 25.4 Å². The number of nitrogens with one attached hydrogen (secondary N) is 2. The van der Waals surface area contributed by atoms with Gasteiger partial charge in [0.15, 0.2) is 0 Å². The summed E-state index contributed by atoms with van der Waals surface area (Å²) in [5.74, 6) is 0. The summed E-state index contributed by atoms with van der Waals surface area (Å²) in [4.78, 5) is 0.193. The number of aliphatic hydroxyl groups is 2. The molecule has 0 amide bonds. The van der Waals surface area contributed by atoms with E-state index in [1.54, 1.807) is 58.9 Å². The van der Waals surface area contributed by atoms with Gasteiger partial charge in [-0.3, -0.25) is 0 Å². The van der Waals surface area contributed by atoms with Crippen LogP contribution < -0.4 is 20.9 Å². The lowest BCUT2D eigenvalue weighted by atomic mass is 10.1. The first-order valence-electron chi connectivity index (χ1n) is 10.1. The van der Waals surface area contributed by atoms with Gasteiger partial charge in [0.2, 0.25) is 20.0 Å². The minimum atomic E-state index is -3.72. The minimum absolute atomic E-state index is 0.0547. The fourth-order valence-corrected chi connectivity index (χ4v) is 6.62. The average Bonchev–Trinajstić information content (AvgIpc) is 2.70. The van der Waals surface area contributed by atoms with Crippen molar-refractivity contribution < 1.29 is 27.0 Å². The Balaban J connectivity index is 0.000000340. The Morgan fingerprint density at radius 3 is 1.62 bits per heavy atom. The van der Waals surface area contributed by atoms with Gasteiger partial charge in [-0.05, 0) is 86.4 Å². The topological polar surface area (TPSA) is 185 Å². The highest BCUT2D eigenvalue weighted by Gasteiger charge is 2.28. The summed E-state index contributed by atoms with van der Waals surface area (Å²) in [5, 5.41) is 18.1. The van der Waals surface area contributed by atoms with Crippen molar-refractivity contribution in [2.24, 2.45) is 0 Å². The molecular formula is C21H33BrN4O6S2. The summed E-state index contributed by atoms with van der Waals surface area (Å²) in [7, 11) is -7.39. The maximum Gasteiger partial charge on any atom is 0.242 e. The monoisotopic (exact) mass is 580 g/mol. The molecule has 0 aliphatic rings. The fourth-order valence-electron chi connectivity index (χ4n) is 2.53. The number of halogens is 1. The van der Waals surface area contributed by atoms with Gasteiger partial charge in [-0.2, -0.15) is 0 Å². The summed E-state index contributed by atoms with van der Waals surface area (Å²) in [6.45, 7) is 7.49. The summed E-state index contributed by atoms with van der Waals surface area (Å²) in [5.41, 5.74) is 10.7. The molecule has 0 radical (unpaired) electrons. The SMILES string of the molecule is CC(C)(CO)NS(=O)(=O)c1cc(N)ccc1Br.Cc1ccc(N)cc1S(=O)(=O)NC(C)(C)CO. The van der Waals surface area contributed by atoms with Crippen molar-refractivity contribution >= 4 is 47.4 Å². The normalized spacial score (nSPS) is 12.7. The lowest BCUT2D eigenvalue weighted by molar-refractivity contribution is 0.208. The van der Waals surface area contributed by atoms with Gasteiger partial charge < -0.3 is 21.7 Å². The van der Waals surface area contributed by atoms with Crippen molar-refractivity contribution in [1.82, 2.24) is 9.44 Å². The fraction of sp³-hybridized carbons (Fsp3) is 0.429. The Bertz CT molecular complexity index is 1120. The molecule has 13 heteroatoms.